The third-order valence-electron chi connectivity index (χ3n) is 8.90. The van der Waals surface area contributed by atoms with Crippen LogP contribution in [-0.2, 0) is 19.1 Å². The lowest BCUT2D eigenvalue weighted by atomic mass is 9.56. The zero-order chi connectivity index (χ0) is 27.6. The van der Waals surface area contributed by atoms with E-state index < -0.39 is 24.3 Å². The van der Waals surface area contributed by atoms with Crippen LogP contribution >= 0.6 is 21.6 Å². The van der Waals surface area contributed by atoms with E-state index in [0.29, 0.717) is 29.0 Å². The fourth-order valence-corrected chi connectivity index (χ4v) is 11.1. The van der Waals surface area contributed by atoms with Gasteiger partial charge in [0.25, 0.3) is 11.8 Å². The number of nitrogens with two attached hydrogens (primary N) is 1. The largest absolute Gasteiger partial charge is 0.352 e. The molecule has 1 heterocycles. The fourth-order valence-electron chi connectivity index (χ4n) is 7.51. The number of nitrogens with one attached hydrogen (secondary N) is 2. The number of amides is 3. The van der Waals surface area contributed by atoms with Crippen molar-refractivity contribution in [2.75, 3.05) is 26.5 Å². The second kappa shape index (κ2) is 12.4. The highest BCUT2D eigenvalue weighted by atomic mass is 33.1. The third kappa shape index (κ3) is 6.27. The van der Waals surface area contributed by atoms with Crippen molar-refractivity contribution in [2.24, 2.45) is 23.6 Å². The number of carbonyl (C=O) groups excluding carboxylic acids is 3. The van der Waals surface area contributed by atoms with Gasteiger partial charge in [-0.05, 0) is 81.3 Å². The molecule has 0 spiro atoms. The van der Waals surface area contributed by atoms with E-state index in [1.807, 2.05) is 10.8 Å². The minimum Gasteiger partial charge on any atom is -0.352 e. The number of likely N-dealkylation sites (tertiary alicyclic amines) is 1. The Balaban J connectivity index is 1.18. The molecular weight excluding hydrogens is 536 g/mol. The second-order valence-electron chi connectivity index (χ2n) is 11.6. The first-order chi connectivity index (χ1) is 18.8. The number of methoxy groups -OCH3 is 2. The van der Waals surface area contributed by atoms with Crippen LogP contribution in [-0.4, -0.2) is 66.0 Å². The maximum atomic E-state index is 13.4. The van der Waals surface area contributed by atoms with E-state index in [9.17, 15) is 14.4 Å². The van der Waals surface area contributed by atoms with Crippen LogP contribution in [0.2, 0.25) is 0 Å². The Morgan fingerprint density at radius 1 is 1.05 bits per heavy atom. The second-order valence-corrected chi connectivity index (χ2v) is 14.4. The molecule has 9 nitrogen and oxygen atoms in total. The summed E-state index contributed by atoms with van der Waals surface area (Å²) in [6, 6.07) is 5.63. The molecule has 3 amide bonds. The maximum Gasteiger partial charge on any atom is 0.257 e. The topological polar surface area (TPSA) is 123 Å². The van der Waals surface area contributed by atoms with E-state index in [4.69, 9.17) is 15.3 Å². The van der Waals surface area contributed by atoms with Gasteiger partial charge in [-0.25, -0.2) is 5.84 Å². The van der Waals surface area contributed by atoms with Gasteiger partial charge in [-0.2, -0.15) is 0 Å². The van der Waals surface area contributed by atoms with Crippen LogP contribution in [0.15, 0.2) is 24.3 Å². The summed E-state index contributed by atoms with van der Waals surface area (Å²) < 4.78 is 10.9. The summed E-state index contributed by atoms with van der Waals surface area (Å²) in [5.74, 6) is 7.54. The standard InChI is InChI=1S/C28H40N4O5S2/c1-36-27(37-2)21-7-5-20(6-8-21)26(35)32-9-3-4-23(32)25(34)30-22(24(33)31-29)16-38-39-28-13-17-10-18(14-28)12-19(11-17)15-28/h5-8,17-19,22-23,27H,3-4,9-16,29H2,1-2H3,(H,30,34)(H,31,33)/t17?,18?,19?,22-,23-,28?/m0/s1. The van der Waals surface area contributed by atoms with Crippen LogP contribution in [0.25, 0.3) is 0 Å². The third-order valence-corrected chi connectivity index (χ3v) is 12.2. The normalized spacial score (nSPS) is 30.0. The molecule has 4 bridgehead atoms. The smallest absolute Gasteiger partial charge is 0.257 e. The van der Waals surface area contributed by atoms with E-state index >= 15 is 0 Å². The molecule has 1 aromatic carbocycles. The Bertz CT molecular complexity index is 1020. The van der Waals surface area contributed by atoms with Gasteiger partial charge < -0.3 is 19.7 Å². The lowest BCUT2D eigenvalue weighted by molar-refractivity contribution is -0.130. The summed E-state index contributed by atoms with van der Waals surface area (Å²) in [5.41, 5.74) is 3.50. The Hall–Kier alpha value is -1.79. The maximum absolute atomic E-state index is 13.4. The van der Waals surface area contributed by atoms with Crippen molar-refractivity contribution in [3.63, 3.8) is 0 Å². The highest BCUT2D eigenvalue weighted by Gasteiger charge is 2.51. The SMILES string of the molecule is COC(OC)c1ccc(C(=O)N2CCC[C@H]2C(=O)N[C@@H](CSSC23CC4CC(CC(C4)C2)C3)C(=O)NN)cc1. The minimum atomic E-state index is -0.759. The van der Waals surface area contributed by atoms with Crippen molar-refractivity contribution >= 4 is 39.3 Å². The first-order valence-corrected chi connectivity index (χ1v) is 16.2. The highest BCUT2D eigenvalue weighted by Crippen LogP contribution is 2.62. The molecule has 2 atom stereocenters. The fraction of sp³-hybridized carbons (Fsp3) is 0.679. The highest BCUT2D eigenvalue weighted by molar-refractivity contribution is 8.77. The number of hydrogen-bond donors (Lipinski definition) is 3. The number of nitrogens with zero attached hydrogens (tertiary/aromatic N) is 1. The van der Waals surface area contributed by atoms with E-state index in [2.05, 4.69) is 10.7 Å². The van der Waals surface area contributed by atoms with Gasteiger partial charge in [0.1, 0.15) is 12.1 Å². The average molecular weight is 577 g/mol. The molecule has 5 fully saturated rings. The molecule has 1 saturated heterocycles. The van der Waals surface area contributed by atoms with Crippen LogP contribution in [0.5, 0.6) is 0 Å². The summed E-state index contributed by atoms with van der Waals surface area (Å²) >= 11 is 0. The van der Waals surface area contributed by atoms with Crippen molar-refractivity contribution in [3.05, 3.63) is 35.4 Å². The number of carbonyl (C=O) groups is 3. The zero-order valence-corrected chi connectivity index (χ0v) is 24.4. The van der Waals surface area contributed by atoms with Crippen LogP contribution in [0.4, 0.5) is 0 Å². The lowest BCUT2D eigenvalue weighted by Gasteiger charge is -2.56. The minimum absolute atomic E-state index is 0.211. The summed E-state index contributed by atoms with van der Waals surface area (Å²) in [6.07, 6.45) is 8.75. The van der Waals surface area contributed by atoms with Crippen LogP contribution in [0, 0.1) is 17.8 Å². The van der Waals surface area contributed by atoms with Crippen LogP contribution < -0.4 is 16.6 Å². The van der Waals surface area contributed by atoms with Crippen LogP contribution in [0.3, 0.4) is 0 Å². The Kier molecular flexibility index (Phi) is 9.12. The number of ether oxygens (including phenoxy) is 2. The van der Waals surface area contributed by atoms with Crippen molar-refractivity contribution in [1.82, 2.24) is 15.6 Å². The first-order valence-electron chi connectivity index (χ1n) is 13.9. The Labute approximate surface area is 238 Å². The number of hydrazine groups is 1. The zero-order valence-electron chi connectivity index (χ0n) is 22.7. The van der Waals surface area contributed by atoms with Gasteiger partial charge in [-0.15, -0.1) is 0 Å². The monoisotopic (exact) mass is 576 g/mol. The quantitative estimate of drug-likeness (QED) is 0.120. The molecule has 1 aromatic rings. The van der Waals surface area contributed by atoms with Gasteiger partial charge in [0.15, 0.2) is 6.29 Å². The molecule has 0 aromatic heterocycles. The number of hydrogen-bond acceptors (Lipinski definition) is 8. The van der Waals surface area contributed by atoms with E-state index in [-0.39, 0.29) is 11.8 Å². The molecular formula is C28H40N4O5S2. The molecule has 0 radical (unpaired) electrons. The summed E-state index contributed by atoms with van der Waals surface area (Å²) in [7, 11) is 6.70. The molecule has 4 N–H and O–H groups in total. The van der Waals surface area contributed by atoms with Crippen molar-refractivity contribution in [2.45, 2.75) is 74.5 Å². The van der Waals surface area contributed by atoms with E-state index in [1.165, 1.54) is 38.5 Å². The van der Waals surface area contributed by atoms with Crippen molar-refractivity contribution in [1.29, 1.82) is 0 Å². The lowest BCUT2D eigenvalue weighted by Crippen LogP contribution is -2.55. The molecule has 11 heteroatoms. The molecule has 5 aliphatic rings. The molecule has 4 aliphatic carbocycles. The summed E-state index contributed by atoms with van der Waals surface area (Å²) in [6.45, 7) is 0.488. The van der Waals surface area contributed by atoms with Gasteiger partial charge in [-0.1, -0.05) is 33.7 Å². The molecule has 39 heavy (non-hydrogen) atoms. The van der Waals surface area contributed by atoms with Crippen molar-refractivity contribution in [3.8, 4) is 0 Å². The average Bonchev–Trinajstić information content (AvgIpc) is 3.42. The van der Waals surface area contributed by atoms with Gasteiger partial charge in [-0.3, -0.25) is 19.8 Å². The van der Waals surface area contributed by atoms with Crippen LogP contribution in [0.1, 0.15) is 73.6 Å². The predicted octanol–water partition coefficient (Wildman–Crippen LogP) is 3.41. The molecule has 4 saturated carbocycles. The first kappa shape index (κ1) is 28.7. The predicted molar refractivity (Wildman–Crippen MR) is 152 cm³/mol. The van der Waals surface area contributed by atoms with E-state index in [0.717, 1.165) is 29.7 Å². The summed E-state index contributed by atoms with van der Waals surface area (Å²) in [4.78, 5) is 40.9. The van der Waals surface area contributed by atoms with Gasteiger partial charge in [0, 0.05) is 42.4 Å². The summed E-state index contributed by atoms with van der Waals surface area (Å²) in [5, 5.41) is 2.90. The van der Waals surface area contributed by atoms with E-state index in [1.54, 1.807) is 54.2 Å². The van der Waals surface area contributed by atoms with Gasteiger partial charge >= 0.3 is 0 Å². The molecule has 6 rings (SSSR count). The van der Waals surface area contributed by atoms with Gasteiger partial charge in [0.05, 0.1) is 0 Å². The van der Waals surface area contributed by atoms with Crippen molar-refractivity contribution < 1.29 is 23.9 Å². The molecule has 0 unspecified atom stereocenters. The van der Waals surface area contributed by atoms with Gasteiger partial charge in [0.2, 0.25) is 5.91 Å². The number of rotatable bonds is 11. The molecule has 214 valence electrons. The number of benzene rings is 1. The molecule has 1 aliphatic heterocycles. The Morgan fingerprint density at radius 2 is 1.67 bits per heavy atom. The Morgan fingerprint density at radius 3 is 2.23 bits per heavy atom.